The van der Waals surface area contributed by atoms with Gasteiger partial charge in [-0.25, -0.2) is 0 Å². The summed E-state index contributed by atoms with van der Waals surface area (Å²) in [5.74, 6) is 0. The van der Waals surface area contributed by atoms with Crippen molar-refractivity contribution in [2.75, 3.05) is 6.61 Å². The van der Waals surface area contributed by atoms with E-state index in [9.17, 15) is 0 Å². The zero-order chi connectivity index (χ0) is 15.8. The molecule has 0 unspecified atom stereocenters. The van der Waals surface area contributed by atoms with Crippen molar-refractivity contribution >= 4 is 0 Å². The highest BCUT2D eigenvalue weighted by atomic mass is 16.5. The summed E-state index contributed by atoms with van der Waals surface area (Å²) in [5.41, 5.74) is 4.80. The molecular weight excluding hydrogens is 268 g/mol. The summed E-state index contributed by atoms with van der Waals surface area (Å²) in [7, 11) is 0. The highest BCUT2D eigenvalue weighted by Gasteiger charge is 2.12. The summed E-state index contributed by atoms with van der Waals surface area (Å²) in [5, 5.41) is 0. The Morgan fingerprint density at radius 3 is 2.36 bits per heavy atom. The molecule has 0 aromatic heterocycles. The lowest BCUT2D eigenvalue weighted by Crippen LogP contribution is -2.19. The van der Waals surface area contributed by atoms with Crippen molar-refractivity contribution in [1.29, 1.82) is 0 Å². The van der Waals surface area contributed by atoms with Crippen LogP contribution in [0.1, 0.15) is 85.0 Å². The van der Waals surface area contributed by atoms with Crippen molar-refractivity contribution in [3.05, 3.63) is 34.9 Å². The van der Waals surface area contributed by atoms with Crippen LogP contribution < -0.4 is 0 Å². The number of hydrogen-bond acceptors (Lipinski definition) is 1. The third-order valence-electron chi connectivity index (χ3n) is 4.58. The summed E-state index contributed by atoms with van der Waals surface area (Å²) in [4.78, 5) is 0. The normalized spacial score (nSPS) is 19.0. The molecule has 0 heterocycles. The van der Waals surface area contributed by atoms with Crippen molar-refractivity contribution < 1.29 is 4.74 Å². The van der Waals surface area contributed by atoms with Gasteiger partial charge in [0.1, 0.15) is 0 Å². The van der Waals surface area contributed by atoms with E-state index in [2.05, 4.69) is 39.0 Å². The Morgan fingerprint density at radius 1 is 0.909 bits per heavy atom. The predicted octanol–water partition coefficient (Wildman–Crippen LogP) is 6.51. The van der Waals surface area contributed by atoms with Crippen LogP contribution in [0.5, 0.6) is 0 Å². The first-order chi connectivity index (χ1) is 10.5. The summed E-state index contributed by atoms with van der Waals surface area (Å²) in [6, 6.07) is 0. The molecule has 0 spiro atoms. The molecule has 0 aliphatic heterocycles. The molecule has 1 nitrogen and oxygen atoms in total. The summed E-state index contributed by atoms with van der Waals surface area (Å²) < 4.78 is 5.76. The van der Waals surface area contributed by atoms with Crippen LogP contribution in [0.3, 0.4) is 0 Å². The number of ether oxygens (including phenoxy) is 1. The third-order valence-corrected chi connectivity index (χ3v) is 4.58. The van der Waals surface area contributed by atoms with Crippen molar-refractivity contribution in [2.45, 2.75) is 90.6 Å². The first kappa shape index (κ1) is 17.5. The molecule has 0 amide bonds. The van der Waals surface area contributed by atoms with Gasteiger partial charge in [-0.1, -0.05) is 43.1 Å². The Hall–Kier alpha value is -0.820. The molecule has 0 atom stereocenters. The molecule has 0 saturated heterocycles. The molecule has 2 aliphatic carbocycles. The topological polar surface area (TPSA) is 9.23 Å². The fourth-order valence-electron chi connectivity index (χ4n) is 3.30. The van der Waals surface area contributed by atoms with Gasteiger partial charge in [-0.3, -0.25) is 0 Å². The Morgan fingerprint density at radius 2 is 1.64 bits per heavy atom. The second-order valence-electron chi connectivity index (χ2n) is 7.80. The molecule has 0 bridgehead atoms. The number of hydrogen-bond donors (Lipinski definition) is 0. The average Bonchev–Trinajstić information content (AvgIpc) is 2.95. The standard InChI is InChI=1S/C21H34O/c1-21(2,3)22-16-10-5-4-7-11-18-14-15-20(17-18)19-12-8-6-9-13-19/h14-15,17H,4-13,16H2,1-3H3. The first-order valence-electron chi connectivity index (χ1n) is 9.29. The minimum Gasteiger partial charge on any atom is -0.376 e. The Bertz CT molecular complexity index is 423. The van der Waals surface area contributed by atoms with Gasteiger partial charge in [-0.15, -0.1) is 0 Å². The van der Waals surface area contributed by atoms with E-state index in [4.69, 9.17) is 4.74 Å². The van der Waals surface area contributed by atoms with Gasteiger partial charge >= 0.3 is 0 Å². The summed E-state index contributed by atoms with van der Waals surface area (Å²) in [6.45, 7) is 7.29. The fourth-order valence-corrected chi connectivity index (χ4v) is 3.30. The van der Waals surface area contributed by atoms with E-state index in [0.717, 1.165) is 6.61 Å². The maximum absolute atomic E-state index is 5.76. The van der Waals surface area contributed by atoms with Gasteiger partial charge in [0.25, 0.3) is 0 Å². The predicted molar refractivity (Wildman–Crippen MR) is 96.1 cm³/mol. The maximum Gasteiger partial charge on any atom is 0.0598 e. The van der Waals surface area contributed by atoms with Crippen LogP contribution in [-0.4, -0.2) is 12.2 Å². The Kier molecular flexibility index (Phi) is 6.95. The monoisotopic (exact) mass is 302 g/mol. The van der Waals surface area contributed by atoms with Gasteiger partial charge in [-0.2, -0.15) is 0 Å². The quantitative estimate of drug-likeness (QED) is 0.487. The van der Waals surface area contributed by atoms with Gasteiger partial charge < -0.3 is 4.74 Å². The molecule has 124 valence electrons. The van der Waals surface area contributed by atoms with Crippen LogP contribution in [0.2, 0.25) is 0 Å². The highest BCUT2D eigenvalue weighted by Crippen LogP contribution is 2.31. The lowest BCUT2D eigenvalue weighted by molar-refractivity contribution is -0.00473. The lowest BCUT2D eigenvalue weighted by Gasteiger charge is -2.19. The Labute approximate surface area is 137 Å². The SMILES string of the molecule is CC(C)(C)OCCCCCCC1=CC(=C2CCCCC2)C=C1. The fraction of sp³-hybridized carbons (Fsp3) is 0.714. The molecule has 2 aliphatic rings. The van der Waals surface area contributed by atoms with E-state index in [0.29, 0.717) is 0 Å². The number of unbranched alkanes of at least 4 members (excludes halogenated alkanes) is 3. The molecule has 22 heavy (non-hydrogen) atoms. The Balaban J connectivity index is 1.59. The second-order valence-corrected chi connectivity index (χ2v) is 7.80. The zero-order valence-corrected chi connectivity index (χ0v) is 14.9. The van der Waals surface area contributed by atoms with Gasteiger partial charge in [0.15, 0.2) is 0 Å². The molecule has 0 radical (unpaired) electrons. The minimum absolute atomic E-state index is 0.0163. The second kappa shape index (κ2) is 8.72. The van der Waals surface area contributed by atoms with E-state index in [1.54, 1.807) is 11.1 Å². The molecule has 0 aromatic carbocycles. The zero-order valence-electron chi connectivity index (χ0n) is 14.9. The van der Waals surface area contributed by atoms with Crippen LogP contribution >= 0.6 is 0 Å². The van der Waals surface area contributed by atoms with Crippen molar-refractivity contribution in [1.82, 2.24) is 0 Å². The highest BCUT2D eigenvalue weighted by molar-refractivity contribution is 5.48. The first-order valence-corrected chi connectivity index (χ1v) is 9.29. The molecule has 1 heteroatoms. The van der Waals surface area contributed by atoms with E-state index in [1.807, 2.05) is 0 Å². The third kappa shape index (κ3) is 6.52. The van der Waals surface area contributed by atoms with Crippen LogP contribution in [-0.2, 0) is 4.74 Å². The maximum atomic E-state index is 5.76. The van der Waals surface area contributed by atoms with E-state index in [-0.39, 0.29) is 5.60 Å². The van der Waals surface area contributed by atoms with Crippen molar-refractivity contribution in [2.24, 2.45) is 0 Å². The van der Waals surface area contributed by atoms with Crippen molar-refractivity contribution in [3.63, 3.8) is 0 Å². The van der Waals surface area contributed by atoms with Gasteiger partial charge in [0.2, 0.25) is 0 Å². The van der Waals surface area contributed by atoms with Gasteiger partial charge in [0, 0.05) is 6.61 Å². The molecular formula is C21H34O. The van der Waals surface area contributed by atoms with Crippen LogP contribution in [0.4, 0.5) is 0 Å². The molecule has 1 saturated carbocycles. The van der Waals surface area contributed by atoms with Gasteiger partial charge in [0.05, 0.1) is 5.60 Å². The van der Waals surface area contributed by atoms with Crippen LogP contribution in [0.15, 0.2) is 34.9 Å². The van der Waals surface area contributed by atoms with Crippen LogP contribution in [0, 0.1) is 0 Å². The summed E-state index contributed by atoms with van der Waals surface area (Å²) >= 11 is 0. The number of rotatable bonds is 7. The molecule has 0 N–H and O–H groups in total. The van der Waals surface area contributed by atoms with E-state index in [1.165, 1.54) is 69.8 Å². The number of allylic oxidation sites excluding steroid dienone is 6. The summed E-state index contributed by atoms with van der Waals surface area (Å²) in [6.07, 6.45) is 20.4. The molecule has 0 aromatic rings. The van der Waals surface area contributed by atoms with Gasteiger partial charge in [-0.05, 0) is 76.9 Å². The smallest absolute Gasteiger partial charge is 0.0598 e. The molecule has 1 fully saturated rings. The minimum atomic E-state index is 0.0163. The largest absolute Gasteiger partial charge is 0.376 e. The van der Waals surface area contributed by atoms with E-state index >= 15 is 0 Å². The van der Waals surface area contributed by atoms with E-state index < -0.39 is 0 Å². The van der Waals surface area contributed by atoms with Crippen molar-refractivity contribution in [3.8, 4) is 0 Å². The average molecular weight is 303 g/mol. The van der Waals surface area contributed by atoms with Crippen LogP contribution in [0.25, 0.3) is 0 Å². The lowest BCUT2D eigenvalue weighted by atomic mass is 9.91. The molecule has 2 rings (SSSR count).